The Morgan fingerprint density at radius 1 is 1.23 bits per heavy atom. The standard InChI is InChI=1S/C28H37N5O6S/c1-18-14-33(19(2)17-34)27(35)13-23-12-24(31-40(36,37)28-20(3)30-39-21(28)4)6-7-25(23)38-26(18)16-32(5)15-22-8-10-29-11-9-22/h6-12,18-19,26,31,34H,13-17H2,1-5H3/t18-,19-,26+/m0/s1. The Hall–Kier alpha value is -3.48. The molecule has 0 bridgehead atoms. The van der Waals surface area contributed by atoms with Gasteiger partial charge in [0.25, 0.3) is 10.0 Å². The van der Waals surface area contributed by atoms with Crippen LogP contribution in [0.3, 0.4) is 0 Å². The summed E-state index contributed by atoms with van der Waals surface area (Å²) in [6, 6.07) is 8.49. The number of aliphatic hydroxyl groups excluding tert-OH is 1. The van der Waals surface area contributed by atoms with Crippen LogP contribution in [0.4, 0.5) is 5.69 Å². The molecule has 0 saturated carbocycles. The number of nitrogens with one attached hydrogen (secondary N) is 1. The maximum Gasteiger partial charge on any atom is 0.267 e. The van der Waals surface area contributed by atoms with Gasteiger partial charge in [-0.15, -0.1) is 0 Å². The quantitative estimate of drug-likeness (QED) is 0.397. The zero-order valence-corrected chi connectivity index (χ0v) is 24.3. The number of sulfonamides is 1. The van der Waals surface area contributed by atoms with Crippen LogP contribution in [0.2, 0.25) is 0 Å². The number of pyridine rings is 1. The molecular formula is C28H37N5O6S. The van der Waals surface area contributed by atoms with Gasteiger partial charge in [0.2, 0.25) is 5.91 Å². The Kier molecular flexibility index (Phi) is 9.12. The number of carbonyl (C=O) groups is 1. The van der Waals surface area contributed by atoms with E-state index in [2.05, 4.69) is 19.8 Å². The third-order valence-electron chi connectivity index (χ3n) is 7.10. The number of anilines is 1. The number of aromatic nitrogens is 2. The van der Waals surface area contributed by atoms with E-state index in [0.717, 1.165) is 5.56 Å². The molecule has 11 nitrogen and oxygen atoms in total. The molecule has 4 rings (SSSR count). The number of ether oxygens (including phenoxy) is 1. The molecule has 1 aliphatic rings. The smallest absolute Gasteiger partial charge is 0.267 e. The van der Waals surface area contributed by atoms with Crippen LogP contribution >= 0.6 is 0 Å². The fourth-order valence-corrected chi connectivity index (χ4v) is 6.33. The number of fused-ring (bicyclic) bond motifs is 1. The number of hydrogen-bond acceptors (Lipinski definition) is 9. The topological polar surface area (TPSA) is 138 Å². The first-order valence-corrected chi connectivity index (χ1v) is 14.7. The zero-order chi connectivity index (χ0) is 29.0. The molecular weight excluding hydrogens is 534 g/mol. The summed E-state index contributed by atoms with van der Waals surface area (Å²) in [5.74, 6) is 0.477. The predicted octanol–water partition coefficient (Wildman–Crippen LogP) is 2.77. The van der Waals surface area contributed by atoms with Gasteiger partial charge in [0.15, 0.2) is 10.7 Å². The second kappa shape index (κ2) is 12.4. The molecule has 0 fully saturated rings. The number of aliphatic hydroxyl groups is 1. The average Bonchev–Trinajstić information content (AvgIpc) is 3.27. The highest BCUT2D eigenvalue weighted by molar-refractivity contribution is 7.92. The molecule has 12 heteroatoms. The van der Waals surface area contributed by atoms with Crippen LogP contribution in [-0.4, -0.2) is 78.3 Å². The Morgan fingerprint density at radius 3 is 2.60 bits per heavy atom. The summed E-state index contributed by atoms with van der Waals surface area (Å²) in [6.07, 6.45) is 3.23. The Bertz CT molecular complexity index is 1410. The number of nitrogens with zero attached hydrogens (tertiary/aromatic N) is 4. The first-order valence-electron chi connectivity index (χ1n) is 13.2. The monoisotopic (exact) mass is 571 g/mol. The molecule has 2 N–H and O–H groups in total. The largest absolute Gasteiger partial charge is 0.488 e. The highest BCUT2D eigenvalue weighted by Gasteiger charge is 2.31. The lowest BCUT2D eigenvalue weighted by atomic mass is 10.0. The molecule has 1 amide bonds. The van der Waals surface area contributed by atoms with E-state index in [1.165, 1.54) is 6.92 Å². The van der Waals surface area contributed by atoms with Crippen molar-refractivity contribution in [3.63, 3.8) is 0 Å². The van der Waals surface area contributed by atoms with Crippen molar-refractivity contribution in [3.05, 3.63) is 65.3 Å². The summed E-state index contributed by atoms with van der Waals surface area (Å²) in [5.41, 5.74) is 2.22. The Labute approximate surface area is 235 Å². The van der Waals surface area contributed by atoms with Crippen molar-refractivity contribution in [2.75, 3.05) is 31.5 Å². The van der Waals surface area contributed by atoms with Crippen LogP contribution in [0.1, 0.15) is 36.4 Å². The number of rotatable bonds is 9. The SMILES string of the molecule is Cc1noc(C)c1S(=O)(=O)Nc1ccc2c(c1)CC(=O)N([C@@H](C)CO)C[C@H](C)[C@@H](CN(C)Cc1ccncc1)O2. The minimum atomic E-state index is -3.97. The molecule has 0 radical (unpaired) electrons. The van der Waals surface area contributed by atoms with E-state index in [-0.39, 0.29) is 59.0 Å². The summed E-state index contributed by atoms with van der Waals surface area (Å²) >= 11 is 0. The third kappa shape index (κ3) is 6.80. The van der Waals surface area contributed by atoms with Gasteiger partial charge in [-0.25, -0.2) is 8.42 Å². The molecule has 40 heavy (non-hydrogen) atoms. The predicted molar refractivity (Wildman–Crippen MR) is 149 cm³/mol. The van der Waals surface area contributed by atoms with Gasteiger partial charge in [0, 0.05) is 49.2 Å². The van der Waals surface area contributed by atoms with Gasteiger partial charge in [0.05, 0.1) is 19.1 Å². The second-order valence-corrected chi connectivity index (χ2v) is 12.1. The fraction of sp³-hybridized carbons (Fsp3) is 0.464. The van der Waals surface area contributed by atoms with E-state index in [1.54, 1.807) is 42.4 Å². The first kappa shape index (κ1) is 29.5. The summed E-state index contributed by atoms with van der Waals surface area (Å²) in [6.45, 7) is 8.46. The summed E-state index contributed by atoms with van der Waals surface area (Å²) in [4.78, 5) is 21.4. The number of benzene rings is 1. The van der Waals surface area contributed by atoms with E-state index >= 15 is 0 Å². The van der Waals surface area contributed by atoms with Crippen LogP contribution in [0.15, 0.2) is 52.1 Å². The van der Waals surface area contributed by atoms with Crippen LogP contribution in [0, 0.1) is 19.8 Å². The number of carbonyl (C=O) groups excluding carboxylic acids is 1. The molecule has 0 aliphatic carbocycles. The molecule has 1 aromatic carbocycles. The van der Waals surface area contributed by atoms with E-state index in [1.807, 2.05) is 33.0 Å². The molecule has 3 heterocycles. The molecule has 0 spiro atoms. The van der Waals surface area contributed by atoms with Crippen molar-refractivity contribution >= 4 is 21.6 Å². The summed E-state index contributed by atoms with van der Waals surface area (Å²) in [5, 5.41) is 13.6. The van der Waals surface area contributed by atoms with Crippen LogP contribution in [0.5, 0.6) is 5.75 Å². The van der Waals surface area contributed by atoms with Crippen molar-refractivity contribution < 1.29 is 27.6 Å². The van der Waals surface area contributed by atoms with E-state index in [0.29, 0.717) is 30.9 Å². The van der Waals surface area contributed by atoms with Crippen molar-refractivity contribution in [2.45, 2.75) is 57.7 Å². The third-order valence-corrected chi connectivity index (χ3v) is 8.72. The maximum atomic E-state index is 13.5. The minimum Gasteiger partial charge on any atom is -0.488 e. The van der Waals surface area contributed by atoms with Crippen molar-refractivity contribution in [1.29, 1.82) is 0 Å². The minimum absolute atomic E-state index is 0.00709. The summed E-state index contributed by atoms with van der Waals surface area (Å²) in [7, 11) is -1.97. The zero-order valence-electron chi connectivity index (χ0n) is 23.5. The Morgan fingerprint density at radius 2 is 1.95 bits per heavy atom. The van der Waals surface area contributed by atoms with Crippen LogP contribution < -0.4 is 9.46 Å². The molecule has 216 valence electrons. The lowest BCUT2D eigenvalue weighted by Gasteiger charge is -2.34. The van der Waals surface area contributed by atoms with Crippen molar-refractivity contribution in [2.24, 2.45) is 5.92 Å². The van der Waals surface area contributed by atoms with Gasteiger partial charge in [-0.2, -0.15) is 0 Å². The second-order valence-electron chi connectivity index (χ2n) is 10.5. The average molecular weight is 572 g/mol. The van der Waals surface area contributed by atoms with Gasteiger partial charge >= 0.3 is 0 Å². The van der Waals surface area contributed by atoms with Crippen molar-refractivity contribution in [1.82, 2.24) is 19.9 Å². The first-order chi connectivity index (χ1) is 19.0. The molecule has 3 aromatic rings. The van der Waals surface area contributed by atoms with Gasteiger partial charge in [-0.1, -0.05) is 12.1 Å². The van der Waals surface area contributed by atoms with E-state index < -0.39 is 10.0 Å². The molecule has 0 unspecified atom stereocenters. The van der Waals surface area contributed by atoms with Gasteiger partial charge in [-0.3, -0.25) is 19.4 Å². The number of likely N-dealkylation sites (N-methyl/N-ethyl adjacent to an activating group) is 1. The Balaban J connectivity index is 1.65. The molecule has 2 aromatic heterocycles. The molecule has 0 saturated heterocycles. The lowest BCUT2D eigenvalue weighted by Crippen LogP contribution is -2.47. The van der Waals surface area contributed by atoms with Crippen molar-refractivity contribution in [3.8, 4) is 5.75 Å². The van der Waals surface area contributed by atoms with Gasteiger partial charge in [-0.05, 0) is 63.7 Å². The number of amides is 1. The fourth-order valence-electron chi connectivity index (χ4n) is 4.95. The van der Waals surface area contributed by atoms with Crippen LogP contribution in [0.25, 0.3) is 0 Å². The molecule has 1 aliphatic heterocycles. The lowest BCUT2D eigenvalue weighted by molar-refractivity contribution is -0.134. The van der Waals surface area contributed by atoms with E-state index in [9.17, 15) is 18.3 Å². The van der Waals surface area contributed by atoms with Gasteiger partial charge in [0.1, 0.15) is 17.5 Å². The van der Waals surface area contributed by atoms with Gasteiger partial charge < -0.3 is 19.3 Å². The highest BCUT2D eigenvalue weighted by atomic mass is 32.2. The maximum absolute atomic E-state index is 13.5. The van der Waals surface area contributed by atoms with Crippen LogP contribution in [-0.2, 0) is 27.8 Å². The normalized spacial score (nSPS) is 18.9. The highest BCUT2D eigenvalue weighted by Crippen LogP contribution is 2.31. The number of hydrogen-bond donors (Lipinski definition) is 2. The molecule has 3 atom stereocenters. The van der Waals surface area contributed by atoms with E-state index in [4.69, 9.17) is 9.26 Å². The summed E-state index contributed by atoms with van der Waals surface area (Å²) < 4.78 is 40.4. The number of aryl methyl sites for hydroxylation is 2.